The molecule has 0 bridgehead atoms. The number of carbonyl (C=O) groups excluding carboxylic acids is 2. The smallest absolute Gasteiger partial charge is 0.272 e. The van der Waals surface area contributed by atoms with Crippen LogP contribution in [-0.4, -0.2) is 79.5 Å². The van der Waals surface area contributed by atoms with Gasteiger partial charge in [0.25, 0.3) is 5.91 Å². The van der Waals surface area contributed by atoms with Crippen molar-refractivity contribution in [3.05, 3.63) is 24.0 Å². The zero-order valence-corrected chi connectivity index (χ0v) is 14.2. The minimum atomic E-state index is -0.0718. The van der Waals surface area contributed by atoms with Crippen molar-refractivity contribution in [1.29, 1.82) is 0 Å². The summed E-state index contributed by atoms with van der Waals surface area (Å²) >= 11 is 0. The Bertz CT molecular complexity index is 600. The van der Waals surface area contributed by atoms with Crippen LogP contribution in [0.3, 0.4) is 0 Å². The number of anilines is 1. The van der Waals surface area contributed by atoms with Crippen molar-refractivity contribution in [2.24, 2.45) is 0 Å². The summed E-state index contributed by atoms with van der Waals surface area (Å²) in [6, 6.07) is 3.63. The Morgan fingerprint density at radius 3 is 2.88 bits per heavy atom. The van der Waals surface area contributed by atoms with Gasteiger partial charge in [0.05, 0.1) is 6.54 Å². The molecule has 2 amide bonds. The minimum absolute atomic E-state index is 0.00803. The lowest BCUT2D eigenvalue weighted by Crippen LogP contribution is -2.47. The quantitative estimate of drug-likeness (QED) is 0.834. The van der Waals surface area contributed by atoms with E-state index in [2.05, 4.69) is 15.2 Å². The van der Waals surface area contributed by atoms with Crippen LogP contribution >= 0.6 is 0 Å². The Hall–Kier alpha value is -2.15. The number of amides is 2. The van der Waals surface area contributed by atoms with Crippen molar-refractivity contribution in [1.82, 2.24) is 20.1 Å². The first-order valence-corrected chi connectivity index (χ1v) is 8.59. The van der Waals surface area contributed by atoms with Gasteiger partial charge in [-0.05, 0) is 38.1 Å². The number of nitrogens with zero attached hydrogens (tertiary/aromatic N) is 4. The van der Waals surface area contributed by atoms with Crippen LogP contribution in [0.15, 0.2) is 18.3 Å². The van der Waals surface area contributed by atoms with Crippen LogP contribution in [0.25, 0.3) is 0 Å². The predicted octanol–water partition coefficient (Wildman–Crippen LogP) is 0.186. The van der Waals surface area contributed by atoms with Crippen LogP contribution in [0.5, 0.6) is 0 Å². The van der Waals surface area contributed by atoms with E-state index in [0.29, 0.717) is 25.3 Å². The lowest BCUT2D eigenvalue weighted by molar-refractivity contribution is -0.120. The Kier molecular flexibility index (Phi) is 5.30. The van der Waals surface area contributed by atoms with Gasteiger partial charge in [-0.2, -0.15) is 0 Å². The van der Waals surface area contributed by atoms with E-state index in [1.165, 1.54) is 12.8 Å². The van der Waals surface area contributed by atoms with Gasteiger partial charge in [0.2, 0.25) is 5.91 Å². The van der Waals surface area contributed by atoms with Crippen LogP contribution in [0.1, 0.15) is 23.3 Å². The third-order valence-corrected chi connectivity index (χ3v) is 4.66. The molecule has 2 saturated heterocycles. The van der Waals surface area contributed by atoms with Crippen molar-refractivity contribution in [3.63, 3.8) is 0 Å². The third-order valence-electron chi connectivity index (χ3n) is 4.66. The van der Waals surface area contributed by atoms with Gasteiger partial charge in [-0.1, -0.05) is 0 Å². The van der Waals surface area contributed by atoms with Gasteiger partial charge in [-0.15, -0.1) is 0 Å². The van der Waals surface area contributed by atoms with Gasteiger partial charge in [-0.3, -0.25) is 14.6 Å². The highest BCUT2D eigenvalue weighted by atomic mass is 16.2. The van der Waals surface area contributed by atoms with Crippen LogP contribution in [-0.2, 0) is 4.79 Å². The van der Waals surface area contributed by atoms with E-state index >= 15 is 0 Å². The molecule has 1 aromatic rings. The van der Waals surface area contributed by atoms with E-state index in [4.69, 9.17) is 0 Å². The van der Waals surface area contributed by atoms with E-state index in [9.17, 15) is 9.59 Å². The maximum Gasteiger partial charge on any atom is 0.272 e. The lowest BCUT2D eigenvalue weighted by Gasteiger charge is -2.29. The fourth-order valence-corrected chi connectivity index (χ4v) is 3.19. The number of piperazine rings is 1. The topological polar surface area (TPSA) is 68.8 Å². The summed E-state index contributed by atoms with van der Waals surface area (Å²) in [5, 5.41) is 2.80. The molecule has 130 valence electrons. The summed E-state index contributed by atoms with van der Waals surface area (Å²) in [4.78, 5) is 34.4. The molecule has 2 aliphatic heterocycles. The van der Waals surface area contributed by atoms with E-state index in [1.54, 1.807) is 17.2 Å². The van der Waals surface area contributed by atoms with Crippen molar-refractivity contribution in [2.45, 2.75) is 12.8 Å². The van der Waals surface area contributed by atoms with Crippen LogP contribution in [0, 0.1) is 0 Å². The number of hydrogen-bond acceptors (Lipinski definition) is 5. The first kappa shape index (κ1) is 16.7. The molecule has 0 radical (unpaired) electrons. The first-order valence-electron chi connectivity index (χ1n) is 8.59. The minimum Gasteiger partial charge on any atom is -0.360 e. The predicted molar refractivity (Wildman–Crippen MR) is 92.1 cm³/mol. The number of carbonyl (C=O) groups is 2. The highest BCUT2D eigenvalue weighted by molar-refractivity contribution is 5.93. The van der Waals surface area contributed by atoms with Gasteiger partial charge < -0.3 is 20.0 Å². The molecule has 0 spiro atoms. The summed E-state index contributed by atoms with van der Waals surface area (Å²) in [5.74, 6) is -0.0637. The van der Waals surface area contributed by atoms with Gasteiger partial charge >= 0.3 is 0 Å². The number of aromatic nitrogens is 1. The first-order chi connectivity index (χ1) is 11.6. The van der Waals surface area contributed by atoms with Crippen LogP contribution in [0.2, 0.25) is 0 Å². The Morgan fingerprint density at radius 1 is 1.33 bits per heavy atom. The second kappa shape index (κ2) is 7.61. The number of pyridine rings is 1. The Labute approximate surface area is 142 Å². The molecule has 2 fully saturated rings. The van der Waals surface area contributed by atoms with Crippen LogP contribution in [0.4, 0.5) is 5.69 Å². The number of rotatable bonds is 5. The fourth-order valence-electron chi connectivity index (χ4n) is 3.19. The van der Waals surface area contributed by atoms with Crippen molar-refractivity contribution in [2.75, 3.05) is 57.8 Å². The molecule has 0 aliphatic carbocycles. The number of hydrogen-bond donors (Lipinski definition) is 1. The van der Waals surface area contributed by atoms with Crippen molar-refractivity contribution in [3.8, 4) is 0 Å². The van der Waals surface area contributed by atoms with Crippen molar-refractivity contribution >= 4 is 17.5 Å². The Balaban J connectivity index is 1.61. The molecular weight excluding hydrogens is 306 g/mol. The summed E-state index contributed by atoms with van der Waals surface area (Å²) in [5.41, 5.74) is 1.30. The molecular formula is C17H25N5O2. The molecule has 0 saturated carbocycles. The van der Waals surface area contributed by atoms with Crippen molar-refractivity contribution < 1.29 is 9.59 Å². The second-order valence-electron chi connectivity index (χ2n) is 6.45. The van der Waals surface area contributed by atoms with Gasteiger partial charge in [-0.25, -0.2) is 0 Å². The molecule has 2 aliphatic rings. The largest absolute Gasteiger partial charge is 0.360 e. The summed E-state index contributed by atoms with van der Waals surface area (Å²) in [6.07, 6.45) is 4.15. The average Bonchev–Trinajstić information content (AvgIpc) is 3.12. The normalized spacial score (nSPS) is 18.5. The molecule has 3 heterocycles. The Morgan fingerprint density at radius 2 is 2.12 bits per heavy atom. The van der Waals surface area contributed by atoms with E-state index in [0.717, 1.165) is 31.9 Å². The van der Waals surface area contributed by atoms with Gasteiger partial charge in [0, 0.05) is 45.1 Å². The van der Waals surface area contributed by atoms with Gasteiger partial charge in [0.1, 0.15) is 5.69 Å². The fraction of sp³-hybridized carbons (Fsp3) is 0.588. The maximum atomic E-state index is 12.6. The van der Waals surface area contributed by atoms with E-state index < -0.39 is 0 Å². The number of nitrogens with one attached hydrogen (secondary N) is 1. The molecule has 7 nitrogen and oxygen atoms in total. The zero-order chi connectivity index (χ0) is 16.9. The molecule has 24 heavy (non-hydrogen) atoms. The van der Waals surface area contributed by atoms with E-state index in [1.807, 2.05) is 18.0 Å². The molecule has 1 aromatic heterocycles. The van der Waals surface area contributed by atoms with E-state index in [-0.39, 0.29) is 11.8 Å². The number of likely N-dealkylation sites (N-methyl/N-ethyl adjacent to an activating group) is 1. The molecule has 0 aromatic carbocycles. The summed E-state index contributed by atoms with van der Waals surface area (Å²) < 4.78 is 0. The molecule has 3 rings (SSSR count). The standard InChI is InChI=1S/C17H25N5O2/c1-20(10-11-21-7-2-3-8-21)17(24)15-12-14(4-5-18-15)22-9-6-19-16(23)13-22/h4-5,12H,2-3,6-11,13H2,1H3,(H,19,23). The highest BCUT2D eigenvalue weighted by Gasteiger charge is 2.20. The lowest BCUT2D eigenvalue weighted by atomic mass is 10.2. The monoisotopic (exact) mass is 331 g/mol. The molecule has 7 heteroatoms. The average molecular weight is 331 g/mol. The van der Waals surface area contributed by atoms with Gasteiger partial charge in [0.15, 0.2) is 0 Å². The summed E-state index contributed by atoms with van der Waals surface area (Å²) in [7, 11) is 1.82. The molecule has 0 unspecified atom stereocenters. The molecule has 1 N–H and O–H groups in total. The van der Waals surface area contributed by atoms with Crippen LogP contribution < -0.4 is 10.2 Å². The second-order valence-corrected chi connectivity index (χ2v) is 6.45. The summed E-state index contributed by atoms with van der Waals surface area (Å²) in [6.45, 7) is 5.57. The molecule has 0 atom stereocenters. The number of likely N-dealkylation sites (tertiary alicyclic amines) is 1. The zero-order valence-electron chi connectivity index (χ0n) is 14.2. The third kappa shape index (κ3) is 4.03. The SMILES string of the molecule is CN(CCN1CCCC1)C(=O)c1cc(N2CCNC(=O)C2)ccn1. The maximum absolute atomic E-state index is 12.6. The highest BCUT2D eigenvalue weighted by Crippen LogP contribution is 2.16.